The molecule has 0 fully saturated rings. The molecular formula is C12H17ClO2S. The summed E-state index contributed by atoms with van der Waals surface area (Å²) in [5, 5.41) is -1.07. The highest BCUT2D eigenvalue weighted by Crippen LogP contribution is 2.31. The lowest BCUT2D eigenvalue weighted by atomic mass is 10.0. The maximum Gasteiger partial charge on any atom is 0.151 e. The molecule has 90 valence electrons. The summed E-state index contributed by atoms with van der Waals surface area (Å²) in [7, 11) is -3.11. The van der Waals surface area contributed by atoms with E-state index in [1.807, 2.05) is 32.0 Å². The van der Waals surface area contributed by atoms with Gasteiger partial charge in [0.1, 0.15) is 0 Å². The van der Waals surface area contributed by atoms with Gasteiger partial charge in [-0.2, -0.15) is 0 Å². The number of hydrogen-bond donors (Lipinski definition) is 0. The molecule has 0 saturated carbocycles. The van der Waals surface area contributed by atoms with Crippen LogP contribution in [0.4, 0.5) is 0 Å². The van der Waals surface area contributed by atoms with Gasteiger partial charge in [-0.15, -0.1) is 11.6 Å². The summed E-state index contributed by atoms with van der Waals surface area (Å²) in [6.45, 7) is 5.56. The molecule has 0 bridgehead atoms. The van der Waals surface area contributed by atoms with Crippen molar-refractivity contribution in [1.29, 1.82) is 0 Å². The second-order valence-electron chi connectivity index (χ2n) is 4.30. The van der Waals surface area contributed by atoms with Crippen LogP contribution < -0.4 is 0 Å². The first-order valence-corrected chi connectivity index (χ1v) is 7.52. The van der Waals surface area contributed by atoms with Crippen molar-refractivity contribution in [2.45, 2.75) is 31.4 Å². The van der Waals surface area contributed by atoms with Crippen LogP contribution in [-0.4, -0.2) is 19.9 Å². The number of rotatable bonds is 3. The lowest BCUT2D eigenvalue weighted by Gasteiger charge is -2.19. The average molecular weight is 261 g/mol. The third kappa shape index (κ3) is 2.98. The first-order chi connectivity index (χ1) is 7.23. The van der Waals surface area contributed by atoms with Crippen LogP contribution >= 0.6 is 11.6 Å². The summed E-state index contributed by atoms with van der Waals surface area (Å²) >= 11 is 6.24. The molecule has 2 atom stereocenters. The van der Waals surface area contributed by atoms with Gasteiger partial charge >= 0.3 is 0 Å². The van der Waals surface area contributed by atoms with E-state index in [-0.39, 0.29) is 0 Å². The normalized spacial score (nSPS) is 15.8. The summed E-state index contributed by atoms with van der Waals surface area (Å²) in [5.41, 5.74) is 3.02. The van der Waals surface area contributed by atoms with E-state index in [0.29, 0.717) is 0 Å². The Morgan fingerprint density at radius 3 is 2.31 bits per heavy atom. The van der Waals surface area contributed by atoms with Crippen LogP contribution in [0.5, 0.6) is 0 Å². The second-order valence-corrected chi connectivity index (χ2v) is 7.17. The molecule has 1 rings (SSSR count). The second kappa shape index (κ2) is 4.76. The smallest absolute Gasteiger partial charge is 0.151 e. The zero-order valence-electron chi connectivity index (χ0n) is 9.99. The Labute approximate surface area is 103 Å². The molecule has 0 N–H and O–H groups in total. The van der Waals surface area contributed by atoms with Gasteiger partial charge in [0.15, 0.2) is 9.84 Å². The van der Waals surface area contributed by atoms with Crippen molar-refractivity contribution in [2.75, 3.05) is 6.26 Å². The summed E-state index contributed by atoms with van der Waals surface area (Å²) < 4.78 is 22.9. The molecule has 0 saturated heterocycles. The zero-order valence-corrected chi connectivity index (χ0v) is 11.6. The van der Waals surface area contributed by atoms with Crippen molar-refractivity contribution in [1.82, 2.24) is 0 Å². The topological polar surface area (TPSA) is 34.1 Å². The standard InChI is InChI=1S/C12H17ClO2S/c1-8-5-6-9(2)11(7-8)12(13)10(3)16(4,14)15/h5-7,10,12H,1-4H3. The van der Waals surface area contributed by atoms with E-state index in [9.17, 15) is 8.42 Å². The number of sulfone groups is 1. The maximum absolute atomic E-state index is 11.5. The third-order valence-electron chi connectivity index (χ3n) is 2.82. The van der Waals surface area contributed by atoms with E-state index >= 15 is 0 Å². The average Bonchev–Trinajstić information content (AvgIpc) is 2.18. The highest BCUT2D eigenvalue weighted by Gasteiger charge is 2.26. The van der Waals surface area contributed by atoms with Gasteiger partial charge < -0.3 is 0 Å². The molecule has 1 aromatic carbocycles. The van der Waals surface area contributed by atoms with Gasteiger partial charge in [0, 0.05) is 6.26 Å². The van der Waals surface area contributed by atoms with Gasteiger partial charge in [-0.05, 0) is 31.9 Å². The van der Waals surface area contributed by atoms with E-state index in [1.54, 1.807) is 6.92 Å². The summed E-state index contributed by atoms with van der Waals surface area (Å²) in [5.74, 6) is 0. The van der Waals surface area contributed by atoms with Crippen molar-refractivity contribution in [2.24, 2.45) is 0 Å². The Balaban J connectivity index is 3.14. The Hall–Kier alpha value is -0.540. The van der Waals surface area contributed by atoms with Crippen LogP contribution in [0, 0.1) is 13.8 Å². The number of halogens is 1. The largest absolute Gasteiger partial charge is 0.229 e. The molecule has 0 aliphatic heterocycles. The molecular weight excluding hydrogens is 244 g/mol. The Kier molecular flexibility index (Phi) is 4.02. The fourth-order valence-corrected chi connectivity index (χ4v) is 2.90. The fraction of sp³-hybridized carbons (Fsp3) is 0.500. The van der Waals surface area contributed by atoms with E-state index in [4.69, 9.17) is 11.6 Å². The Morgan fingerprint density at radius 2 is 1.81 bits per heavy atom. The van der Waals surface area contributed by atoms with Gasteiger partial charge in [-0.25, -0.2) is 8.42 Å². The molecule has 0 aliphatic rings. The molecule has 16 heavy (non-hydrogen) atoms. The van der Waals surface area contributed by atoms with Crippen molar-refractivity contribution >= 4 is 21.4 Å². The van der Waals surface area contributed by atoms with E-state index < -0.39 is 20.5 Å². The van der Waals surface area contributed by atoms with E-state index in [0.717, 1.165) is 16.7 Å². The predicted molar refractivity (Wildman–Crippen MR) is 68.8 cm³/mol. The highest BCUT2D eigenvalue weighted by molar-refractivity contribution is 7.91. The number of hydrogen-bond acceptors (Lipinski definition) is 2. The first kappa shape index (κ1) is 13.5. The van der Waals surface area contributed by atoms with Crippen molar-refractivity contribution in [3.63, 3.8) is 0 Å². The Morgan fingerprint density at radius 1 is 1.25 bits per heavy atom. The maximum atomic E-state index is 11.5. The van der Waals surface area contributed by atoms with Crippen molar-refractivity contribution in [3.8, 4) is 0 Å². The molecule has 0 spiro atoms. The monoisotopic (exact) mass is 260 g/mol. The highest BCUT2D eigenvalue weighted by atomic mass is 35.5. The van der Waals surface area contributed by atoms with Gasteiger partial charge in [-0.1, -0.05) is 23.8 Å². The minimum Gasteiger partial charge on any atom is -0.229 e. The minimum absolute atomic E-state index is 0.491. The summed E-state index contributed by atoms with van der Waals surface area (Å²) in [6.07, 6.45) is 1.22. The van der Waals surface area contributed by atoms with Crippen molar-refractivity contribution < 1.29 is 8.42 Å². The van der Waals surface area contributed by atoms with Crippen LogP contribution in [0.15, 0.2) is 18.2 Å². The predicted octanol–water partition coefficient (Wildman–Crippen LogP) is 3.02. The summed E-state index contributed by atoms with van der Waals surface area (Å²) in [6, 6.07) is 5.91. The molecule has 0 amide bonds. The number of alkyl halides is 1. The zero-order chi connectivity index (χ0) is 12.5. The van der Waals surface area contributed by atoms with Crippen LogP contribution in [0.2, 0.25) is 0 Å². The molecule has 0 aromatic heterocycles. The van der Waals surface area contributed by atoms with Gasteiger partial charge in [0.05, 0.1) is 10.6 Å². The number of aryl methyl sites for hydroxylation is 2. The molecule has 0 radical (unpaired) electrons. The minimum atomic E-state index is -3.11. The third-order valence-corrected chi connectivity index (χ3v) is 5.20. The lowest BCUT2D eigenvalue weighted by Crippen LogP contribution is -2.21. The molecule has 0 heterocycles. The van der Waals surface area contributed by atoms with Crippen LogP contribution in [-0.2, 0) is 9.84 Å². The Bertz CT molecular complexity index is 480. The van der Waals surface area contributed by atoms with Crippen LogP contribution in [0.1, 0.15) is 29.0 Å². The molecule has 0 aliphatic carbocycles. The summed E-state index contributed by atoms with van der Waals surface area (Å²) in [4.78, 5) is 0. The van der Waals surface area contributed by atoms with Gasteiger partial charge in [-0.3, -0.25) is 0 Å². The fourth-order valence-electron chi connectivity index (χ4n) is 1.53. The SMILES string of the molecule is Cc1ccc(C)c(C(Cl)C(C)S(C)(=O)=O)c1. The van der Waals surface area contributed by atoms with E-state index in [1.165, 1.54) is 6.26 Å². The van der Waals surface area contributed by atoms with Crippen molar-refractivity contribution in [3.05, 3.63) is 34.9 Å². The molecule has 1 aromatic rings. The molecule has 2 nitrogen and oxygen atoms in total. The molecule has 4 heteroatoms. The van der Waals surface area contributed by atoms with Gasteiger partial charge in [0.2, 0.25) is 0 Å². The van der Waals surface area contributed by atoms with Crippen LogP contribution in [0.3, 0.4) is 0 Å². The lowest BCUT2D eigenvalue weighted by molar-refractivity contribution is 0.587. The van der Waals surface area contributed by atoms with Crippen LogP contribution in [0.25, 0.3) is 0 Å². The van der Waals surface area contributed by atoms with E-state index in [2.05, 4.69) is 0 Å². The van der Waals surface area contributed by atoms with Gasteiger partial charge in [0.25, 0.3) is 0 Å². The molecule has 2 unspecified atom stereocenters. The number of benzene rings is 1. The first-order valence-electron chi connectivity index (χ1n) is 5.13. The quantitative estimate of drug-likeness (QED) is 0.783.